The quantitative estimate of drug-likeness (QED) is 0.760. The van der Waals surface area contributed by atoms with E-state index in [0.717, 1.165) is 30.3 Å². The van der Waals surface area contributed by atoms with Gasteiger partial charge < -0.3 is 4.90 Å². The SMILES string of the molecule is CCC1CCN(c2cccc(F)c2CBr)C1. The Morgan fingerprint density at radius 2 is 2.31 bits per heavy atom. The molecule has 1 aliphatic heterocycles. The number of nitrogens with zero attached hydrogens (tertiary/aromatic N) is 1. The van der Waals surface area contributed by atoms with Crippen molar-refractivity contribution in [1.82, 2.24) is 0 Å². The van der Waals surface area contributed by atoms with Gasteiger partial charge in [-0.25, -0.2) is 4.39 Å². The summed E-state index contributed by atoms with van der Waals surface area (Å²) in [6.45, 7) is 4.35. The van der Waals surface area contributed by atoms with Crippen molar-refractivity contribution in [2.24, 2.45) is 5.92 Å². The van der Waals surface area contributed by atoms with Crippen LogP contribution >= 0.6 is 15.9 Å². The van der Waals surface area contributed by atoms with Gasteiger partial charge in [0.15, 0.2) is 0 Å². The van der Waals surface area contributed by atoms with Crippen LogP contribution in [0.1, 0.15) is 25.3 Å². The van der Waals surface area contributed by atoms with Crippen molar-refractivity contribution in [1.29, 1.82) is 0 Å². The van der Waals surface area contributed by atoms with Gasteiger partial charge in [-0.1, -0.05) is 35.3 Å². The number of hydrogen-bond acceptors (Lipinski definition) is 1. The predicted octanol–water partition coefficient (Wildman–Crippen LogP) is 3.96. The molecule has 0 radical (unpaired) electrons. The van der Waals surface area contributed by atoms with E-state index in [2.05, 4.69) is 27.8 Å². The minimum absolute atomic E-state index is 0.102. The van der Waals surface area contributed by atoms with E-state index in [1.54, 1.807) is 6.07 Å². The summed E-state index contributed by atoms with van der Waals surface area (Å²) >= 11 is 3.37. The van der Waals surface area contributed by atoms with Crippen molar-refractivity contribution in [2.45, 2.75) is 25.1 Å². The second-order valence-electron chi connectivity index (χ2n) is 4.38. The molecule has 0 aliphatic carbocycles. The topological polar surface area (TPSA) is 3.24 Å². The van der Waals surface area contributed by atoms with E-state index < -0.39 is 0 Å². The van der Waals surface area contributed by atoms with Gasteiger partial charge in [-0.15, -0.1) is 0 Å². The van der Waals surface area contributed by atoms with Crippen LogP contribution in [0.2, 0.25) is 0 Å². The third-order valence-electron chi connectivity index (χ3n) is 3.43. The van der Waals surface area contributed by atoms with E-state index in [1.807, 2.05) is 6.07 Å². The van der Waals surface area contributed by atoms with Gasteiger partial charge in [-0.3, -0.25) is 0 Å². The van der Waals surface area contributed by atoms with E-state index in [-0.39, 0.29) is 5.82 Å². The molecule has 0 amide bonds. The molecule has 1 aromatic carbocycles. The van der Waals surface area contributed by atoms with Gasteiger partial charge >= 0.3 is 0 Å². The summed E-state index contributed by atoms with van der Waals surface area (Å²) in [5.74, 6) is 0.667. The summed E-state index contributed by atoms with van der Waals surface area (Å²) < 4.78 is 13.6. The van der Waals surface area contributed by atoms with E-state index in [0.29, 0.717) is 5.33 Å². The molecule has 1 unspecified atom stereocenters. The zero-order chi connectivity index (χ0) is 11.5. The lowest BCUT2D eigenvalue weighted by Crippen LogP contribution is -2.21. The van der Waals surface area contributed by atoms with Crippen LogP contribution < -0.4 is 4.90 Å². The molecule has 0 N–H and O–H groups in total. The Hall–Kier alpha value is -0.570. The van der Waals surface area contributed by atoms with Gasteiger partial charge in [-0.05, 0) is 24.5 Å². The van der Waals surface area contributed by atoms with Crippen molar-refractivity contribution in [3.63, 3.8) is 0 Å². The van der Waals surface area contributed by atoms with Gasteiger partial charge in [0.2, 0.25) is 0 Å². The Morgan fingerprint density at radius 1 is 1.50 bits per heavy atom. The maximum atomic E-state index is 13.6. The monoisotopic (exact) mass is 285 g/mol. The molecule has 0 bridgehead atoms. The molecule has 0 saturated carbocycles. The minimum atomic E-state index is -0.102. The van der Waals surface area contributed by atoms with Crippen molar-refractivity contribution < 1.29 is 4.39 Å². The maximum absolute atomic E-state index is 13.6. The largest absolute Gasteiger partial charge is 0.371 e. The van der Waals surface area contributed by atoms with Crippen LogP contribution in [0.25, 0.3) is 0 Å². The lowest BCUT2D eigenvalue weighted by molar-refractivity contribution is 0.568. The van der Waals surface area contributed by atoms with Crippen molar-refractivity contribution in [3.8, 4) is 0 Å². The Kier molecular flexibility index (Phi) is 3.85. The van der Waals surface area contributed by atoms with Crippen LogP contribution in [0.5, 0.6) is 0 Å². The second kappa shape index (κ2) is 5.17. The summed E-state index contributed by atoms with van der Waals surface area (Å²) in [5.41, 5.74) is 1.85. The van der Waals surface area contributed by atoms with Gasteiger partial charge in [0.25, 0.3) is 0 Å². The molecule has 1 atom stereocenters. The highest BCUT2D eigenvalue weighted by Crippen LogP contribution is 2.30. The van der Waals surface area contributed by atoms with Crippen LogP contribution in [0.3, 0.4) is 0 Å². The van der Waals surface area contributed by atoms with Crippen LogP contribution in [-0.2, 0) is 5.33 Å². The molecule has 1 fully saturated rings. The molecule has 2 rings (SSSR count). The van der Waals surface area contributed by atoms with Crippen molar-refractivity contribution in [2.75, 3.05) is 18.0 Å². The first-order valence-electron chi connectivity index (χ1n) is 5.84. The fraction of sp³-hybridized carbons (Fsp3) is 0.538. The van der Waals surface area contributed by atoms with Gasteiger partial charge in [-0.2, -0.15) is 0 Å². The lowest BCUT2D eigenvalue weighted by atomic mass is 10.1. The third-order valence-corrected chi connectivity index (χ3v) is 3.99. The Balaban J connectivity index is 2.24. The predicted molar refractivity (Wildman–Crippen MR) is 69.6 cm³/mol. The van der Waals surface area contributed by atoms with Gasteiger partial charge in [0.1, 0.15) is 5.82 Å². The van der Waals surface area contributed by atoms with Crippen LogP contribution in [0.15, 0.2) is 18.2 Å². The Morgan fingerprint density at radius 3 is 2.94 bits per heavy atom. The molecule has 0 aromatic heterocycles. The molecule has 1 aliphatic rings. The summed E-state index contributed by atoms with van der Waals surface area (Å²) in [4.78, 5) is 2.31. The summed E-state index contributed by atoms with van der Waals surface area (Å²) in [5, 5.41) is 0.586. The summed E-state index contributed by atoms with van der Waals surface area (Å²) in [7, 11) is 0. The standard InChI is InChI=1S/C13H17BrFN/c1-2-10-6-7-16(9-10)13-5-3-4-12(15)11(13)8-14/h3-5,10H,2,6-9H2,1H3. The van der Waals surface area contributed by atoms with E-state index >= 15 is 0 Å². The molecule has 88 valence electrons. The number of anilines is 1. The number of rotatable bonds is 3. The molecule has 1 aromatic rings. The first-order chi connectivity index (χ1) is 7.76. The van der Waals surface area contributed by atoms with Crippen LogP contribution in [-0.4, -0.2) is 13.1 Å². The van der Waals surface area contributed by atoms with Gasteiger partial charge in [0, 0.05) is 29.7 Å². The maximum Gasteiger partial charge on any atom is 0.129 e. The van der Waals surface area contributed by atoms with Crippen LogP contribution in [0.4, 0.5) is 10.1 Å². The molecular formula is C13H17BrFN. The van der Waals surface area contributed by atoms with Gasteiger partial charge in [0.05, 0.1) is 0 Å². The number of alkyl halides is 1. The number of hydrogen-bond donors (Lipinski definition) is 0. The lowest BCUT2D eigenvalue weighted by Gasteiger charge is -2.21. The molecule has 3 heteroatoms. The molecule has 0 spiro atoms. The molecule has 1 nitrogen and oxygen atoms in total. The normalized spacial score (nSPS) is 20.4. The Labute approximate surface area is 105 Å². The summed E-state index contributed by atoms with van der Waals surface area (Å²) in [6, 6.07) is 5.36. The van der Waals surface area contributed by atoms with Crippen LogP contribution in [0, 0.1) is 11.7 Å². The molecule has 1 heterocycles. The minimum Gasteiger partial charge on any atom is -0.371 e. The molecule has 1 saturated heterocycles. The van der Waals surface area contributed by atoms with Crippen molar-refractivity contribution in [3.05, 3.63) is 29.6 Å². The first kappa shape index (κ1) is 11.9. The smallest absolute Gasteiger partial charge is 0.129 e. The Bertz CT molecular complexity index is 367. The fourth-order valence-electron chi connectivity index (χ4n) is 2.36. The highest BCUT2D eigenvalue weighted by Gasteiger charge is 2.23. The van der Waals surface area contributed by atoms with E-state index in [1.165, 1.54) is 18.9 Å². The average Bonchev–Trinajstić information content (AvgIpc) is 2.77. The van der Waals surface area contributed by atoms with E-state index in [4.69, 9.17) is 0 Å². The highest BCUT2D eigenvalue weighted by molar-refractivity contribution is 9.08. The number of halogens is 2. The first-order valence-corrected chi connectivity index (χ1v) is 6.96. The highest BCUT2D eigenvalue weighted by atomic mass is 79.9. The molecule has 16 heavy (non-hydrogen) atoms. The second-order valence-corrected chi connectivity index (χ2v) is 4.94. The summed E-state index contributed by atoms with van der Waals surface area (Å²) in [6.07, 6.45) is 2.45. The average molecular weight is 286 g/mol. The third kappa shape index (κ3) is 2.24. The zero-order valence-electron chi connectivity index (χ0n) is 9.55. The number of benzene rings is 1. The molecular weight excluding hydrogens is 269 g/mol. The fourth-order valence-corrected chi connectivity index (χ4v) is 2.92. The van der Waals surface area contributed by atoms with E-state index in [9.17, 15) is 4.39 Å². The zero-order valence-corrected chi connectivity index (χ0v) is 11.1. The van der Waals surface area contributed by atoms with Crippen molar-refractivity contribution >= 4 is 21.6 Å².